The van der Waals surface area contributed by atoms with Crippen LogP contribution in [-0.4, -0.2) is 55.3 Å². The number of aliphatic carboxylic acids is 1. The molecule has 9 nitrogen and oxygen atoms in total. The number of nitrogens with zero attached hydrogens (tertiary/aromatic N) is 3. The number of aromatic amines is 1. The largest absolute Gasteiger partial charge is 0.606 e. The Morgan fingerprint density at radius 3 is 2.61 bits per heavy atom. The van der Waals surface area contributed by atoms with Gasteiger partial charge in [0.1, 0.15) is 5.82 Å². The van der Waals surface area contributed by atoms with E-state index in [1.165, 1.54) is 22.9 Å². The number of carboxylic acid groups (broad SMARTS) is 1. The van der Waals surface area contributed by atoms with Gasteiger partial charge in [-0.3, -0.25) is 4.79 Å². The minimum Gasteiger partial charge on any atom is -0.606 e. The third kappa shape index (κ3) is 7.01. The number of carboxylic acids is 1. The second-order valence-electron chi connectivity index (χ2n) is 13.9. The molecule has 2 atom stereocenters. The van der Waals surface area contributed by atoms with E-state index < -0.39 is 49.4 Å². The summed E-state index contributed by atoms with van der Waals surface area (Å²) in [7, 11) is -2.03. The lowest BCUT2D eigenvalue weighted by molar-refractivity contribution is -0.136. The Labute approximate surface area is 286 Å². The molecule has 0 aliphatic carbocycles. The van der Waals surface area contributed by atoms with Crippen LogP contribution in [0.25, 0.3) is 22.3 Å². The molecule has 2 aromatic heterocycles. The number of aromatic nitrogens is 4. The highest BCUT2D eigenvalue weighted by atomic mass is 32.2. The van der Waals surface area contributed by atoms with E-state index in [9.17, 15) is 22.9 Å². The molecule has 5 aromatic rings. The minimum absolute atomic E-state index is 0.0172. The highest BCUT2D eigenvalue weighted by molar-refractivity contribution is 7.92. The zero-order valence-electron chi connectivity index (χ0n) is 27.7. The summed E-state index contributed by atoms with van der Waals surface area (Å²) >= 11 is -2.15. The molecule has 6 rings (SSSR count). The van der Waals surface area contributed by atoms with E-state index in [4.69, 9.17) is 10.1 Å². The fourth-order valence-electron chi connectivity index (χ4n) is 6.94. The lowest BCUT2D eigenvalue weighted by Crippen LogP contribution is -2.29. The van der Waals surface area contributed by atoms with E-state index >= 15 is 8.78 Å². The van der Waals surface area contributed by atoms with Crippen LogP contribution in [-0.2, 0) is 51.1 Å². The number of sulfone groups is 1. The van der Waals surface area contributed by atoms with Crippen molar-refractivity contribution in [2.24, 2.45) is 12.5 Å². The quantitative estimate of drug-likeness (QED) is 0.204. The summed E-state index contributed by atoms with van der Waals surface area (Å²) in [6.45, 7) is 5.73. The highest BCUT2D eigenvalue weighted by Crippen LogP contribution is 2.40. The molecule has 0 saturated heterocycles. The maximum absolute atomic E-state index is 15.8. The third-order valence-electron chi connectivity index (χ3n) is 9.42. The maximum Gasteiger partial charge on any atom is 0.307 e. The van der Waals surface area contributed by atoms with Crippen LogP contribution in [0, 0.1) is 17.0 Å². The van der Waals surface area contributed by atoms with Gasteiger partial charge >= 0.3 is 5.97 Å². The van der Waals surface area contributed by atoms with Crippen molar-refractivity contribution < 1.29 is 31.7 Å². The van der Waals surface area contributed by atoms with E-state index in [2.05, 4.69) is 4.98 Å². The van der Waals surface area contributed by atoms with Gasteiger partial charge in [0.25, 0.3) is 0 Å². The van der Waals surface area contributed by atoms with Crippen molar-refractivity contribution >= 4 is 37.9 Å². The Bertz CT molecular complexity index is 2180. The van der Waals surface area contributed by atoms with Gasteiger partial charge in [0.2, 0.25) is 0 Å². The predicted octanol–water partition coefficient (Wildman–Crippen LogP) is 6.51. The molecular formula is C36H38F2N4O5S2. The van der Waals surface area contributed by atoms with Crippen LogP contribution in [0.4, 0.5) is 8.78 Å². The van der Waals surface area contributed by atoms with Gasteiger partial charge in [-0.25, -0.2) is 26.9 Å². The van der Waals surface area contributed by atoms with Crippen LogP contribution in [0.3, 0.4) is 0 Å². The van der Waals surface area contributed by atoms with Crippen molar-refractivity contribution in [3.63, 3.8) is 0 Å². The van der Waals surface area contributed by atoms with Crippen molar-refractivity contribution in [1.29, 1.82) is 0 Å². The van der Waals surface area contributed by atoms with Gasteiger partial charge in [0.05, 0.1) is 28.9 Å². The molecule has 0 radical (unpaired) electrons. The van der Waals surface area contributed by atoms with Crippen molar-refractivity contribution in [3.8, 4) is 11.4 Å². The van der Waals surface area contributed by atoms with Crippen LogP contribution in [0.1, 0.15) is 62.5 Å². The first-order chi connectivity index (χ1) is 23.1. The molecule has 49 heavy (non-hydrogen) atoms. The average molecular weight is 709 g/mol. The summed E-state index contributed by atoms with van der Waals surface area (Å²) in [6.07, 6.45) is 2.98. The van der Waals surface area contributed by atoms with Crippen LogP contribution in [0.15, 0.2) is 70.6 Å². The molecule has 3 aromatic carbocycles. The number of rotatable bonds is 3. The van der Waals surface area contributed by atoms with Crippen LogP contribution < -0.4 is 0 Å². The summed E-state index contributed by atoms with van der Waals surface area (Å²) in [4.78, 5) is 19.3. The molecular weight excluding hydrogens is 671 g/mol. The fourth-order valence-corrected chi connectivity index (χ4v) is 10.3. The third-order valence-corrected chi connectivity index (χ3v) is 13.0. The molecule has 0 saturated carbocycles. The Morgan fingerprint density at radius 1 is 1.08 bits per heavy atom. The molecule has 2 N–H and O–H groups in total. The summed E-state index contributed by atoms with van der Waals surface area (Å²) in [6, 6.07) is 14.0. The number of H-pyrrole nitrogens is 1. The maximum atomic E-state index is 15.8. The first-order valence-corrected chi connectivity index (χ1v) is 19.0. The Morgan fingerprint density at radius 2 is 1.86 bits per heavy atom. The molecule has 0 spiro atoms. The lowest BCUT2D eigenvalue weighted by Gasteiger charge is -2.30. The zero-order chi connectivity index (χ0) is 35.3. The number of nitrogens with one attached hydrogen (secondary N) is 1. The van der Waals surface area contributed by atoms with Gasteiger partial charge in [0.15, 0.2) is 37.1 Å². The summed E-state index contributed by atoms with van der Waals surface area (Å²) in [5.41, 5.74) is 0.660. The standard InChI is InChI=1S/C36H38F2N4O5S2/c1-35(2)13-6-14-36(3,23-8-5-7-22(17-23)18-31(43)44)34-40-33(42(4)41-34)27-19-24(9-10-28(27)37)48(45)32-26(12-16-49(46,47)21-35)25-11-15-39-30(25)20-29(32)38/h5,7-11,15,17,19-20,39H,6,12-14,16,18,21H2,1-4H3,(H,43,44)/t36-,48?/m1/s1. The number of hydrogen-bond donors (Lipinski definition) is 2. The topological polar surface area (TPSA) is 141 Å². The molecule has 0 fully saturated rings. The Hall–Kier alpha value is -4.07. The Balaban J connectivity index is 1.54. The van der Waals surface area contributed by atoms with Crippen LogP contribution >= 0.6 is 0 Å². The molecule has 1 aliphatic heterocycles. The van der Waals surface area contributed by atoms with E-state index in [-0.39, 0.29) is 45.5 Å². The monoisotopic (exact) mass is 708 g/mol. The van der Waals surface area contributed by atoms with E-state index in [0.29, 0.717) is 47.1 Å². The van der Waals surface area contributed by atoms with Crippen molar-refractivity contribution in [3.05, 3.63) is 94.9 Å². The molecule has 0 amide bonds. The molecule has 13 heteroatoms. The zero-order valence-corrected chi connectivity index (χ0v) is 29.4. The van der Waals surface area contributed by atoms with E-state index in [1.807, 2.05) is 32.9 Å². The number of aryl methyl sites for hydroxylation is 2. The normalized spacial score (nSPS) is 21.1. The molecule has 258 valence electrons. The smallest absolute Gasteiger partial charge is 0.307 e. The molecule has 4 bridgehead atoms. The first kappa shape index (κ1) is 34.8. The number of fused-ring (bicyclic) bond motifs is 8. The van der Waals surface area contributed by atoms with E-state index in [0.717, 1.165) is 11.6 Å². The first-order valence-electron chi connectivity index (χ1n) is 16.0. The van der Waals surface area contributed by atoms with Gasteiger partial charge in [0, 0.05) is 53.0 Å². The SMILES string of the molecule is Cn1nc2nc1-c1cc(ccc1F)[S+]([O-])c1c(F)cc3[nH]ccc3c1CCS(=O)(=O)CC(C)(C)CCC[C@]2(C)c1cccc(CC(=O)O)c1. The number of hydrogen-bond acceptors (Lipinski definition) is 6. The van der Waals surface area contributed by atoms with E-state index in [1.54, 1.807) is 31.4 Å². The van der Waals surface area contributed by atoms with Gasteiger partial charge in [-0.15, -0.1) is 0 Å². The van der Waals surface area contributed by atoms with Gasteiger partial charge in [-0.1, -0.05) is 44.5 Å². The second kappa shape index (κ2) is 13.0. The number of benzene rings is 3. The predicted molar refractivity (Wildman–Crippen MR) is 184 cm³/mol. The van der Waals surface area contributed by atoms with Gasteiger partial charge in [-0.05, 0) is 60.9 Å². The minimum atomic E-state index is -3.66. The van der Waals surface area contributed by atoms with Gasteiger partial charge < -0.3 is 14.6 Å². The van der Waals surface area contributed by atoms with Crippen molar-refractivity contribution in [2.75, 3.05) is 11.5 Å². The average Bonchev–Trinajstić information content (AvgIpc) is 3.65. The van der Waals surface area contributed by atoms with Gasteiger partial charge in [-0.2, -0.15) is 5.10 Å². The van der Waals surface area contributed by atoms with Crippen molar-refractivity contribution in [1.82, 2.24) is 19.7 Å². The summed E-state index contributed by atoms with van der Waals surface area (Å²) in [5, 5.41) is 14.7. The van der Waals surface area contributed by atoms with Crippen LogP contribution in [0.5, 0.6) is 0 Å². The Kier molecular flexibility index (Phi) is 9.22. The van der Waals surface area contributed by atoms with Crippen LogP contribution in [0.2, 0.25) is 0 Å². The second-order valence-corrected chi connectivity index (χ2v) is 17.5. The van der Waals surface area contributed by atoms with Crippen molar-refractivity contribution in [2.45, 2.75) is 68.1 Å². The highest BCUT2D eigenvalue weighted by Gasteiger charge is 2.37. The summed E-state index contributed by atoms with van der Waals surface area (Å²) < 4.78 is 74.3. The summed E-state index contributed by atoms with van der Waals surface area (Å²) in [5.74, 6) is -2.22. The fraction of sp³-hybridized carbons (Fsp3) is 0.361. The lowest BCUT2D eigenvalue weighted by atomic mass is 9.75. The molecule has 1 unspecified atom stereocenters. The number of halogens is 2. The molecule has 1 aliphatic rings. The number of carbonyl (C=O) groups is 1. The molecule has 3 heterocycles.